The van der Waals surface area contributed by atoms with Gasteiger partial charge in [-0.25, -0.2) is 0 Å². The Morgan fingerprint density at radius 2 is 1.88 bits per heavy atom. The van der Waals surface area contributed by atoms with Crippen LogP contribution in [0.2, 0.25) is 0 Å². The molecule has 1 aromatic heterocycles. The molecule has 1 aromatic carbocycles. The molecule has 0 spiro atoms. The van der Waals surface area contributed by atoms with Gasteiger partial charge in [0.05, 0.1) is 13.7 Å². The number of hydrogen-bond acceptors (Lipinski definition) is 4. The Labute approximate surface area is 151 Å². The number of likely N-dealkylation sites (N-methyl/N-ethyl adjacent to an activating group) is 1. The molecule has 2 amide bonds. The van der Waals surface area contributed by atoms with Crippen molar-refractivity contribution < 1.29 is 14.3 Å². The fourth-order valence-electron chi connectivity index (χ4n) is 2.93. The smallest absolute Gasteiger partial charge is 0.267 e. The minimum absolute atomic E-state index is 0.00663. The Kier molecular flexibility index (Phi) is 5.38. The van der Waals surface area contributed by atoms with E-state index >= 15 is 0 Å². The number of methoxy groups -OCH3 is 1. The maximum atomic E-state index is 12.8. The van der Waals surface area contributed by atoms with Crippen molar-refractivity contribution in [2.24, 2.45) is 0 Å². The number of rotatable bonds is 5. The third-order valence-corrected chi connectivity index (χ3v) is 5.50. The molecule has 0 unspecified atom stereocenters. The van der Waals surface area contributed by atoms with Crippen LogP contribution in [0.3, 0.4) is 0 Å². The van der Waals surface area contributed by atoms with E-state index in [1.54, 1.807) is 14.2 Å². The van der Waals surface area contributed by atoms with Gasteiger partial charge in [-0.3, -0.25) is 9.59 Å². The molecule has 0 saturated carbocycles. The van der Waals surface area contributed by atoms with Crippen LogP contribution in [0.4, 0.5) is 0 Å². The first kappa shape index (κ1) is 17.5. The van der Waals surface area contributed by atoms with Crippen LogP contribution < -0.4 is 4.74 Å². The quantitative estimate of drug-likeness (QED) is 0.825. The first-order valence-electron chi connectivity index (χ1n) is 8.36. The number of likely N-dealkylation sites (tertiary alicyclic amines) is 1. The van der Waals surface area contributed by atoms with Crippen LogP contribution in [0.15, 0.2) is 36.4 Å². The van der Waals surface area contributed by atoms with Crippen LogP contribution in [-0.2, 0) is 4.79 Å². The molecular weight excluding hydrogens is 336 g/mol. The van der Waals surface area contributed by atoms with E-state index < -0.39 is 0 Å². The zero-order valence-corrected chi connectivity index (χ0v) is 15.3. The summed E-state index contributed by atoms with van der Waals surface area (Å²) in [5.74, 6) is 0.373. The van der Waals surface area contributed by atoms with Crippen molar-refractivity contribution in [2.45, 2.75) is 12.8 Å². The minimum atomic E-state index is -0.184. The molecule has 6 heteroatoms. The molecule has 0 N–H and O–H groups in total. The van der Waals surface area contributed by atoms with E-state index in [0.29, 0.717) is 10.6 Å². The van der Waals surface area contributed by atoms with E-state index in [1.807, 2.05) is 41.3 Å². The van der Waals surface area contributed by atoms with Gasteiger partial charge in [-0.1, -0.05) is 30.3 Å². The van der Waals surface area contributed by atoms with Crippen LogP contribution in [0.1, 0.15) is 22.5 Å². The summed E-state index contributed by atoms with van der Waals surface area (Å²) in [6.07, 6.45) is 2.09. The average Bonchev–Trinajstić information content (AvgIpc) is 3.31. The number of thiophene rings is 1. The van der Waals surface area contributed by atoms with E-state index in [-0.39, 0.29) is 18.4 Å². The van der Waals surface area contributed by atoms with Gasteiger partial charge in [0, 0.05) is 25.0 Å². The molecule has 5 nitrogen and oxygen atoms in total. The van der Waals surface area contributed by atoms with Gasteiger partial charge < -0.3 is 14.5 Å². The predicted molar refractivity (Wildman–Crippen MR) is 99.1 cm³/mol. The number of amides is 2. The van der Waals surface area contributed by atoms with E-state index in [1.165, 1.54) is 16.2 Å². The van der Waals surface area contributed by atoms with Crippen LogP contribution in [0, 0.1) is 0 Å². The highest BCUT2D eigenvalue weighted by Gasteiger charge is 2.25. The Bertz CT molecular complexity index is 751. The van der Waals surface area contributed by atoms with Gasteiger partial charge in [-0.15, -0.1) is 11.3 Å². The molecule has 0 atom stereocenters. The van der Waals surface area contributed by atoms with E-state index in [2.05, 4.69) is 0 Å². The van der Waals surface area contributed by atoms with Crippen LogP contribution in [-0.4, -0.2) is 55.4 Å². The summed E-state index contributed by atoms with van der Waals surface area (Å²) >= 11 is 1.39. The van der Waals surface area contributed by atoms with E-state index in [4.69, 9.17) is 4.74 Å². The summed E-state index contributed by atoms with van der Waals surface area (Å²) in [4.78, 5) is 29.9. The SMILES string of the molecule is COc1cc(-c2ccccc2)sc1C(=O)N(C)CC(=O)N1CCCC1. The molecule has 1 aliphatic rings. The van der Waals surface area contributed by atoms with Crippen molar-refractivity contribution >= 4 is 23.2 Å². The Balaban J connectivity index is 1.76. The second-order valence-corrected chi connectivity index (χ2v) is 7.18. The maximum Gasteiger partial charge on any atom is 0.267 e. The lowest BCUT2D eigenvalue weighted by molar-refractivity contribution is -0.130. The second kappa shape index (κ2) is 7.70. The fraction of sp³-hybridized carbons (Fsp3) is 0.368. The third kappa shape index (κ3) is 3.85. The van der Waals surface area contributed by atoms with E-state index in [9.17, 15) is 9.59 Å². The van der Waals surface area contributed by atoms with Crippen molar-refractivity contribution in [2.75, 3.05) is 33.8 Å². The molecule has 1 fully saturated rings. The number of nitrogens with zero attached hydrogens (tertiary/aromatic N) is 2. The van der Waals surface area contributed by atoms with Crippen molar-refractivity contribution in [1.82, 2.24) is 9.80 Å². The molecule has 0 radical (unpaired) electrons. The number of benzene rings is 1. The lowest BCUT2D eigenvalue weighted by Crippen LogP contribution is -2.39. The molecule has 1 saturated heterocycles. The number of ether oxygens (including phenoxy) is 1. The molecule has 2 aromatic rings. The Morgan fingerprint density at radius 3 is 2.52 bits per heavy atom. The highest BCUT2D eigenvalue weighted by molar-refractivity contribution is 7.17. The fourth-order valence-corrected chi connectivity index (χ4v) is 4.06. The third-order valence-electron chi connectivity index (χ3n) is 4.35. The zero-order valence-electron chi connectivity index (χ0n) is 14.5. The topological polar surface area (TPSA) is 49.9 Å². The van der Waals surface area contributed by atoms with Crippen molar-refractivity contribution in [3.63, 3.8) is 0 Å². The second-order valence-electron chi connectivity index (χ2n) is 6.12. The molecule has 0 aliphatic carbocycles. The van der Waals surface area contributed by atoms with Gasteiger partial charge in [0.2, 0.25) is 5.91 Å². The first-order chi connectivity index (χ1) is 12.1. The summed E-state index contributed by atoms with van der Waals surface area (Å²) in [7, 11) is 3.22. The zero-order chi connectivity index (χ0) is 17.8. The van der Waals surface area contributed by atoms with Gasteiger partial charge in [0.15, 0.2) is 0 Å². The van der Waals surface area contributed by atoms with Crippen LogP contribution >= 0.6 is 11.3 Å². The minimum Gasteiger partial charge on any atom is -0.495 e. The summed E-state index contributed by atoms with van der Waals surface area (Å²) in [5.41, 5.74) is 1.04. The van der Waals surface area contributed by atoms with Gasteiger partial charge >= 0.3 is 0 Å². The molecule has 132 valence electrons. The molecule has 2 heterocycles. The highest BCUT2D eigenvalue weighted by atomic mass is 32.1. The van der Waals surface area contributed by atoms with Crippen molar-refractivity contribution in [1.29, 1.82) is 0 Å². The van der Waals surface area contributed by atoms with Crippen molar-refractivity contribution in [3.05, 3.63) is 41.3 Å². The summed E-state index contributed by atoms with van der Waals surface area (Å²) < 4.78 is 5.39. The first-order valence-corrected chi connectivity index (χ1v) is 9.18. The Morgan fingerprint density at radius 1 is 1.20 bits per heavy atom. The van der Waals surface area contributed by atoms with Gasteiger partial charge in [0.1, 0.15) is 10.6 Å². The largest absolute Gasteiger partial charge is 0.495 e. The van der Waals surface area contributed by atoms with E-state index in [0.717, 1.165) is 36.4 Å². The van der Waals surface area contributed by atoms with Crippen LogP contribution in [0.5, 0.6) is 5.75 Å². The monoisotopic (exact) mass is 358 g/mol. The number of carbonyl (C=O) groups excluding carboxylic acids is 2. The van der Waals surface area contributed by atoms with Crippen LogP contribution in [0.25, 0.3) is 10.4 Å². The predicted octanol–water partition coefficient (Wildman–Crippen LogP) is 3.12. The normalized spacial score (nSPS) is 13.8. The van der Waals surface area contributed by atoms with Gasteiger partial charge in [0.25, 0.3) is 5.91 Å². The lowest BCUT2D eigenvalue weighted by atomic mass is 10.2. The summed E-state index contributed by atoms with van der Waals surface area (Å²) in [6, 6.07) is 11.8. The summed E-state index contributed by atoms with van der Waals surface area (Å²) in [5, 5.41) is 0. The lowest BCUT2D eigenvalue weighted by Gasteiger charge is -2.21. The molecule has 25 heavy (non-hydrogen) atoms. The molecular formula is C19H22N2O3S. The maximum absolute atomic E-state index is 12.8. The number of carbonyl (C=O) groups is 2. The molecule has 3 rings (SSSR count). The van der Waals surface area contributed by atoms with Gasteiger partial charge in [-0.2, -0.15) is 0 Å². The molecule has 1 aliphatic heterocycles. The highest BCUT2D eigenvalue weighted by Crippen LogP contribution is 2.36. The van der Waals surface area contributed by atoms with Gasteiger partial charge in [-0.05, 0) is 24.5 Å². The Hall–Kier alpha value is -2.34. The number of hydrogen-bond donors (Lipinski definition) is 0. The molecule has 0 bridgehead atoms. The summed E-state index contributed by atoms with van der Waals surface area (Å²) in [6.45, 7) is 1.68. The average molecular weight is 358 g/mol. The standard InChI is InChI=1S/C19H22N2O3S/c1-20(13-17(22)21-10-6-7-11-21)19(23)18-15(24-2)12-16(25-18)14-8-4-3-5-9-14/h3-5,8-9,12H,6-7,10-11,13H2,1-2H3. The van der Waals surface area contributed by atoms with Crippen molar-refractivity contribution in [3.8, 4) is 16.2 Å².